The zero-order valence-electron chi connectivity index (χ0n) is 20.4. The van der Waals surface area contributed by atoms with Crippen LogP contribution in [0.3, 0.4) is 0 Å². The summed E-state index contributed by atoms with van der Waals surface area (Å²) in [6, 6.07) is 26.3. The molecule has 0 saturated heterocycles. The number of hydrogen-bond donors (Lipinski definition) is 0. The van der Waals surface area contributed by atoms with E-state index in [1.807, 2.05) is 12.3 Å². The maximum atomic E-state index is 6.30. The average Bonchev–Trinajstić information content (AvgIpc) is 3.21. The van der Waals surface area contributed by atoms with Crippen molar-refractivity contribution in [2.45, 2.75) is 43.5 Å². The van der Waals surface area contributed by atoms with Crippen molar-refractivity contribution in [2.75, 3.05) is 0 Å². The van der Waals surface area contributed by atoms with E-state index in [0.717, 1.165) is 33.6 Å². The molecule has 0 aliphatic rings. The number of aromatic nitrogens is 1. The minimum absolute atomic E-state index is 0.0321. The first-order valence-electron chi connectivity index (χ1n) is 11.6. The van der Waals surface area contributed by atoms with Gasteiger partial charge in [0.1, 0.15) is 0 Å². The molecular formula is C30H31GeNO. The predicted octanol–water partition coefficient (Wildman–Crippen LogP) is 8.16. The molecule has 0 saturated carbocycles. The fraction of sp³-hybridized carbons (Fsp3) is 0.233. The van der Waals surface area contributed by atoms with Gasteiger partial charge in [0.05, 0.1) is 0 Å². The van der Waals surface area contributed by atoms with Crippen molar-refractivity contribution in [3.63, 3.8) is 0 Å². The Morgan fingerprint density at radius 2 is 1.48 bits per heavy atom. The molecular weight excluding hydrogens is 463 g/mol. The van der Waals surface area contributed by atoms with Gasteiger partial charge in [-0.05, 0) is 0 Å². The Balaban J connectivity index is 1.66. The van der Waals surface area contributed by atoms with Gasteiger partial charge < -0.3 is 0 Å². The van der Waals surface area contributed by atoms with Crippen LogP contribution in [0.4, 0.5) is 0 Å². The van der Waals surface area contributed by atoms with Gasteiger partial charge in [0.15, 0.2) is 0 Å². The van der Waals surface area contributed by atoms with Gasteiger partial charge >= 0.3 is 160 Å². The third-order valence-corrected chi connectivity index (χ3v) is 10.8. The number of pyridine rings is 1. The van der Waals surface area contributed by atoms with Crippen LogP contribution < -0.4 is 4.40 Å². The van der Waals surface area contributed by atoms with Crippen LogP contribution in [0.5, 0.6) is 0 Å². The molecule has 2 nitrogen and oxygen atoms in total. The second-order valence-corrected chi connectivity index (χ2v) is 21.7. The minimum Gasteiger partial charge on any atom is -0.0616 e. The Labute approximate surface area is 199 Å². The van der Waals surface area contributed by atoms with E-state index < -0.39 is 13.3 Å². The minimum atomic E-state index is -1.84. The van der Waals surface area contributed by atoms with E-state index >= 15 is 0 Å². The SMILES string of the molecule is CC(C)(C)c1cc(-c2nccc3oc(-c4cc[c]([Ge]([CH3])([CH3])[CH3])cc4)cc23)cc2ccccc12. The van der Waals surface area contributed by atoms with Gasteiger partial charge in [-0.3, -0.25) is 0 Å². The number of benzene rings is 3. The second-order valence-electron chi connectivity index (χ2n) is 11.0. The van der Waals surface area contributed by atoms with E-state index in [-0.39, 0.29) is 5.41 Å². The molecule has 0 spiro atoms. The van der Waals surface area contributed by atoms with Crippen LogP contribution >= 0.6 is 0 Å². The second kappa shape index (κ2) is 7.88. The molecule has 2 aromatic heterocycles. The van der Waals surface area contributed by atoms with Gasteiger partial charge in [-0.1, -0.05) is 39.0 Å². The Morgan fingerprint density at radius 3 is 2.18 bits per heavy atom. The molecule has 0 atom stereocenters. The normalized spacial score (nSPS) is 12.5. The Kier molecular flexibility index (Phi) is 5.25. The quantitative estimate of drug-likeness (QED) is 0.237. The summed E-state index contributed by atoms with van der Waals surface area (Å²) in [7, 11) is 0. The van der Waals surface area contributed by atoms with E-state index in [1.165, 1.54) is 20.7 Å². The third kappa shape index (κ3) is 4.13. The molecule has 33 heavy (non-hydrogen) atoms. The first-order chi connectivity index (χ1) is 15.6. The summed E-state index contributed by atoms with van der Waals surface area (Å²) in [5.74, 6) is 8.15. The van der Waals surface area contributed by atoms with Crippen molar-refractivity contribution in [1.82, 2.24) is 4.98 Å². The van der Waals surface area contributed by atoms with E-state index in [2.05, 4.69) is 105 Å². The summed E-state index contributed by atoms with van der Waals surface area (Å²) in [6.45, 7) is 6.81. The van der Waals surface area contributed by atoms with Crippen LogP contribution in [0.2, 0.25) is 17.3 Å². The predicted molar refractivity (Wildman–Crippen MR) is 144 cm³/mol. The first-order valence-corrected chi connectivity index (χ1v) is 19.0. The standard InChI is InChI=1S/C30H31GeNO/c1-30(2,3)26-18-22(17-21-9-7-8-10-24(21)26)29-25-19-28(33-27(25)15-16-32-29)20-11-13-23(14-12-20)31(4,5)6/h7-19H,1-6H3. The summed E-state index contributed by atoms with van der Waals surface area (Å²) in [6.07, 6.45) is 1.85. The van der Waals surface area contributed by atoms with Gasteiger partial charge in [-0.15, -0.1) is 0 Å². The Bertz CT molecular complexity index is 1460. The molecule has 0 radical (unpaired) electrons. The molecule has 2 heterocycles. The third-order valence-electron chi connectivity index (χ3n) is 6.42. The summed E-state index contributed by atoms with van der Waals surface area (Å²) in [5, 5.41) is 3.60. The summed E-state index contributed by atoms with van der Waals surface area (Å²) in [4.78, 5) is 4.81. The van der Waals surface area contributed by atoms with Crippen molar-refractivity contribution in [2.24, 2.45) is 0 Å². The maximum absolute atomic E-state index is 6.30. The topological polar surface area (TPSA) is 26.0 Å². The summed E-state index contributed by atoms with van der Waals surface area (Å²) in [5.41, 5.74) is 5.46. The smallest absolute Gasteiger partial charge is 0.0616 e. The fourth-order valence-electron chi connectivity index (χ4n) is 4.54. The van der Waals surface area contributed by atoms with Crippen molar-refractivity contribution in [3.8, 4) is 22.6 Å². The van der Waals surface area contributed by atoms with Crippen molar-refractivity contribution < 1.29 is 4.42 Å². The van der Waals surface area contributed by atoms with E-state index in [0.29, 0.717) is 0 Å². The zero-order chi connectivity index (χ0) is 23.4. The van der Waals surface area contributed by atoms with Gasteiger partial charge in [0.2, 0.25) is 0 Å². The molecule has 0 aliphatic carbocycles. The number of fused-ring (bicyclic) bond motifs is 2. The monoisotopic (exact) mass is 495 g/mol. The van der Waals surface area contributed by atoms with Crippen molar-refractivity contribution in [1.29, 1.82) is 0 Å². The molecule has 5 aromatic rings. The molecule has 0 N–H and O–H groups in total. The Morgan fingerprint density at radius 1 is 0.758 bits per heavy atom. The molecule has 0 fully saturated rings. The number of hydrogen-bond acceptors (Lipinski definition) is 2. The molecule has 0 unspecified atom stereocenters. The molecule has 0 bridgehead atoms. The molecule has 166 valence electrons. The summed E-state index contributed by atoms with van der Waals surface area (Å²) >= 11 is -1.84. The van der Waals surface area contributed by atoms with E-state index in [1.54, 1.807) is 0 Å². The van der Waals surface area contributed by atoms with Gasteiger partial charge in [0.25, 0.3) is 0 Å². The van der Waals surface area contributed by atoms with Crippen LogP contribution in [-0.4, -0.2) is 18.3 Å². The van der Waals surface area contributed by atoms with Crippen LogP contribution in [0.15, 0.2) is 83.4 Å². The molecule has 0 aliphatic heterocycles. The van der Waals surface area contributed by atoms with Crippen molar-refractivity contribution in [3.05, 3.63) is 84.6 Å². The molecule has 5 rings (SSSR count). The Hall–Kier alpha value is -2.85. The van der Waals surface area contributed by atoms with E-state index in [9.17, 15) is 0 Å². The number of furan rings is 1. The number of rotatable bonds is 3. The molecule has 3 aromatic carbocycles. The van der Waals surface area contributed by atoms with Gasteiger partial charge in [-0.2, -0.15) is 0 Å². The first kappa shape index (κ1) is 22.0. The zero-order valence-corrected chi connectivity index (χ0v) is 22.5. The summed E-state index contributed by atoms with van der Waals surface area (Å²) < 4.78 is 7.80. The number of nitrogens with zero attached hydrogens (tertiary/aromatic N) is 1. The fourth-order valence-corrected chi connectivity index (χ4v) is 6.99. The van der Waals surface area contributed by atoms with Crippen LogP contribution in [0, 0.1) is 0 Å². The molecule has 3 heteroatoms. The average molecular weight is 494 g/mol. The van der Waals surface area contributed by atoms with Crippen LogP contribution in [0.1, 0.15) is 26.3 Å². The molecule has 0 amide bonds. The van der Waals surface area contributed by atoms with Crippen LogP contribution in [0.25, 0.3) is 44.3 Å². The van der Waals surface area contributed by atoms with E-state index in [4.69, 9.17) is 9.40 Å². The van der Waals surface area contributed by atoms with Gasteiger partial charge in [-0.25, -0.2) is 0 Å². The van der Waals surface area contributed by atoms with Gasteiger partial charge in [0, 0.05) is 0 Å². The van der Waals surface area contributed by atoms with Crippen molar-refractivity contribution >= 4 is 39.4 Å². The van der Waals surface area contributed by atoms with Crippen LogP contribution in [-0.2, 0) is 5.41 Å².